The summed E-state index contributed by atoms with van der Waals surface area (Å²) in [5.41, 5.74) is 5.73. The SMILES string of the molecule is Cn1nc(C(F)(F)F)cc1-c1ccc(NC(=O)c2ccc(Br)cc2)nc1N. The molecule has 6 nitrogen and oxygen atoms in total. The number of aryl methyl sites for hydroxylation is 1. The van der Waals surface area contributed by atoms with Crippen LogP contribution in [-0.2, 0) is 13.2 Å². The summed E-state index contributed by atoms with van der Waals surface area (Å²) in [6.45, 7) is 0. The molecule has 27 heavy (non-hydrogen) atoms. The first kappa shape index (κ1) is 18.9. The van der Waals surface area contributed by atoms with Crippen molar-refractivity contribution in [3.8, 4) is 11.3 Å². The van der Waals surface area contributed by atoms with Gasteiger partial charge in [0.1, 0.15) is 11.6 Å². The number of hydrogen-bond acceptors (Lipinski definition) is 4. The van der Waals surface area contributed by atoms with Crippen molar-refractivity contribution in [3.05, 3.63) is 58.2 Å². The van der Waals surface area contributed by atoms with Crippen LogP contribution in [0.1, 0.15) is 16.1 Å². The van der Waals surface area contributed by atoms with E-state index >= 15 is 0 Å². The van der Waals surface area contributed by atoms with E-state index in [2.05, 4.69) is 31.3 Å². The molecule has 1 aromatic carbocycles. The Bertz CT molecular complexity index is 999. The van der Waals surface area contributed by atoms with Gasteiger partial charge in [0, 0.05) is 22.6 Å². The maximum absolute atomic E-state index is 12.8. The summed E-state index contributed by atoms with van der Waals surface area (Å²) in [7, 11) is 1.38. The molecule has 3 N–H and O–H groups in total. The fraction of sp³-hybridized carbons (Fsp3) is 0.118. The molecule has 0 unspecified atom stereocenters. The van der Waals surface area contributed by atoms with Crippen molar-refractivity contribution in [2.75, 3.05) is 11.1 Å². The second kappa shape index (κ2) is 7.03. The van der Waals surface area contributed by atoms with Crippen molar-refractivity contribution >= 4 is 33.5 Å². The van der Waals surface area contributed by atoms with Crippen molar-refractivity contribution in [1.29, 1.82) is 0 Å². The number of alkyl halides is 3. The fourth-order valence-electron chi connectivity index (χ4n) is 2.41. The van der Waals surface area contributed by atoms with Crippen LogP contribution in [0, 0.1) is 0 Å². The Hall–Kier alpha value is -2.88. The van der Waals surface area contributed by atoms with Crippen molar-refractivity contribution in [3.63, 3.8) is 0 Å². The summed E-state index contributed by atoms with van der Waals surface area (Å²) < 4.78 is 40.4. The number of halogens is 4. The number of aromatic nitrogens is 3. The predicted molar refractivity (Wildman–Crippen MR) is 97.9 cm³/mol. The largest absolute Gasteiger partial charge is 0.435 e. The summed E-state index contributed by atoms with van der Waals surface area (Å²) in [6, 6.07) is 10.5. The highest BCUT2D eigenvalue weighted by Gasteiger charge is 2.35. The lowest BCUT2D eigenvalue weighted by Gasteiger charge is -2.09. The molecule has 10 heteroatoms. The summed E-state index contributed by atoms with van der Waals surface area (Å²) in [5.74, 6) is -0.232. The molecule has 0 aliphatic heterocycles. The van der Waals surface area contributed by atoms with E-state index in [4.69, 9.17) is 5.73 Å². The van der Waals surface area contributed by atoms with Crippen molar-refractivity contribution < 1.29 is 18.0 Å². The maximum Gasteiger partial charge on any atom is 0.435 e. The third-order valence-electron chi connectivity index (χ3n) is 3.72. The van der Waals surface area contributed by atoms with E-state index in [1.807, 2.05) is 0 Å². The average molecular weight is 440 g/mol. The van der Waals surface area contributed by atoms with Crippen molar-refractivity contribution in [1.82, 2.24) is 14.8 Å². The molecule has 0 fully saturated rings. The molecule has 0 bridgehead atoms. The summed E-state index contributed by atoms with van der Waals surface area (Å²) in [5, 5.41) is 6.05. The van der Waals surface area contributed by atoms with Gasteiger partial charge < -0.3 is 11.1 Å². The average Bonchev–Trinajstić information content (AvgIpc) is 2.97. The van der Waals surface area contributed by atoms with Gasteiger partial charge in [-0.05, 0) is 42.5 Å². The lowest BCUT2D eigenvalue weighted by molar-refractivity contribution is -0.141. The van der Waals surface area contributed by atoms with E-state index in [0.717, 1.165) is 15.2 Å². The molecule has 0 spiro atoms. The van der Waals surface area contributed by atoms with Crippen LogP contribution < -0.4 is 11.1 Å². The summed E-state index contributed by atoms with van der Waals surface area (Å²) >= 11 is 3.28. The molecule has 2 aromatic heterocycles. The van der Waals surface area contributed by atoms with E-state index < -0.39 is 11.9 Å². The minimum absolute atomic E-state index is 0.0275. The van der Waals surface area contributed by atoms with Crippen LogP contribution in [0.5, 0.6) is 0 Å². The van der Waals surface area contributed by atoms with Crippen LogP contribution in [0.2, 0.25) is 0 Å². The quantitative estimate of drug-likeness (QED) is 0.643. The molecule has 0 aliphatic carbocycles. The Morgan fingerprint density at radius 3 is 2.41 bits per heavy atom. The lowest BCUT2D eigenvalue weighted by atomic mass is 10.1. The van der Waals surface area contributed by atoms with Gasteiger partial charge in [-0.25, -0.2) is 4.98 Å². The van der Waals surface area contributed by atoms with E-state index in [9.17, 15) is 18.0 Å². The van der Waals surface area contributed by atoms with Crippen LogP contribution in [0.25, 0.3) is 11.3 Å². The standard InChI is InChI=1S/C17H13BrF3N5O/c1-26-12(8-13(25-26)17(19,20)21)11-6-7-14(23-15(11)22)24-16(27)9-2-4-10(18)5-3-9/h2-8H,1H3,(H3,22,23,24,27). The Morgan fingerprint density at radius 1 is 1.19 bits per heavy atom. The molecule has 3 rings (SSSR count). The zero-order valence-corrected chi connectivity index (χ0v) is 15.5. The summed E-state index contributed by atoms with van der Waals surface area (Å²) in [6.07, 6.45) is -4.56. The molecule has 2 heterocycles. The minimum Gasteiger partial charge on any atom is -0.383 e. The third-order valence-corrected chi connectivity index (χ3v) is 4.25. The number of benzene rings is 1. The minimum atomic E-state index is -4.56. The third kappa shape index (κ3) is 4.11. The van der Waals surface area contributed by atoms with Crippen molar-refractivity contribution in [2.45, 2.75) is 6.18 Å². The number of amides is 1. The maximum atomic E-state index is 12.8. The number of nitrogen functional groups attached to an aromatic ring is 1. The summed E-state index contributed by atoms with van der Waals surface area (Å²) in [4.78, 5) is 16.3. The normalized spacial score (nSPS) is 11.4. The molecule has 0 aliphatic rings. The van der Waals surface area contributed by atoms with E-state index in [1.54, 1.807) is 24.3 Å². The lowest BCUT2D eigenvalue weighted by Crippen LogP contribution is -2.13. The topological polar surface area (TPSA) is 85.8 Å². The van der Waals surface area contributed by atoms with Crippen LogP contribution >= 0.6 is 15.9 Å². The number of pyridine rings is 1. The monoisotopic (exact) mass is 439 g/mol. The first-order valence-electron chi connectivity index (χ1n) is 7.60. The van der Waals surface area contributed by atoms with Crippen LogP contribution in [0.4, 0.5) is 24.8 Å². The number of rotatable bonds is 3. The van der Waals surface area contributed by atoms with E-state index in [-0.39, 0.29) is 28.8 Å². The van der Waals surface area contributed by atoms with Gasteiger partial charge in [-0.2, -0.15) is 18.3 Å². The van der Waals surface area contributed by atoms with Gasteiger partial charge in [0.2, 0.25) is 0 Å². The number of anilines is 2. The van der Waals surface area contributed by atoms with Gasteiger partial charge in [-0.3, -0.25) is 9.48 Å². The van der Waals surface area contributed by atoms with Crippen LogP contribution in [0.3, 0.4) is 0 Å². The second-order valence-electron chi connectivity index (χ2n) is 5.63. The van der Waals surface area contributed by atoms with Crippen LogP contribution in [0.15, 0.2) is 46.9 Å². The molecule has 140 valence electrons. The molecule has 1 amide bonds. The molecule has 0 radical (unpaired) electrons. The number of nitrogens with two attached hydrogens (primary N) is 1. The van der Waals surface area contributed by atoms with Crippen molar-refractivity contribution in [2.24, 2.45) is 7.05 Å². The molecule has 0 saturated carbocycles. The molecule has 3 aromatic rings. The van der Waals surface area contributed by atoms with Crippen LogP contribution in [-0.4, -0.2) is 20.7 Å². The number of nitrogens with zero attached hydrogens (tertiary/aromatic N) is 3. The smallest absolute Gasteiger partial charge is 0.383 e. The van der Waals surface area contributed by atoms with Gasteiger partial charge in [0.25, 0.3) is 5.91 Å². The first-order valence-corrected chi connectivity index (χ1v) is 8.39. The second-order valence-corrected chi connectivity index (χ2v) is 6.54. The van der Waals surface area contributed by atoms with Gasteiger partial charge in [0.15, 0.2) is 5.69 Å². The van der Waals surface area contributed by atoms with Gasteiger partial charge >= 0.3 is 6.18 Å². The van der Waals surface area contributed by atoms with E-state index in [0.29, 0.717) is 5.56 Å². The van der Waals surface area contributed by atoms with Gasteiger partial charge in [0.05, 0.1) is 5.69 Å². The Balaban J connectivity index is 1.85. The van der Waals surface area contributed by atoms with Gasteiger partial charge in [-0.1, -0.05) is 15.9 Å². The fourth-order valence-corrected chi connectivity index (χ4v) is 2.67. The molecular weight excluding hydrogens is 427 g/mol. The number of nitrogens with one attached hydrogen (secondary N) is 1. The number of carbonyl (C=O) groups excluding carboxylic acids is 1. The Kier molecular flexibility index (Phi) is 4.92. The highest BCUT2D eigenvalue weighted by atomic mass is 79.9. The highest BCUT2D eigenvalue weighted by Crippen LogP contribution is 2.33. The zero-order chi connectivity index (χ0) is 19.8. The molecule has 0 saturated heterocycles. The van der Waals surface area contributed by atoms with E-state index in [1.165, 1.54) is 19.2 Å². The number of carbonyl (C=O) groups is 1. The Morgan fingerprint density at radius 2 is 1.85 bits per heavy atom. The highest BCUT2D eigenvalue weighted by molar-refractivity contribution is 9.10. The van der Waals surface area contributed by atoms with Gasteiger partial charge in [-0.15, -0.1) is 0 Å². The molecular formula is C17H13BrF3N5O. The Labute approximate surface area is 160 Å². The predicted octanol–water partition coefficient (Wildman–Crippen LogP) is 4.10. The first-order chi connectivity index (χ1) is 12.6. The zero-order valence-electron chi connectivity index (χ0n) is 13.9. The number of hydrogen-bond donors (Lipinski definition) is 2. The molecule has 0 atom stereocenters.